The zero-order chi connectivity index (χ0) is 21.4. The molecule has 5 nitrogen and oxygen atoms in total. The van der Waals surface area contributed by atoms with Crippen LogP contribution < -0.4 is 4.74 Å². The van der Waals surface area contributed by atoms with E-state index in [1.54, 1.807) is 6.07 Å². The van der Waals surface area contributed by atoms with Crippen molar-refractivity contribution < 1.29 is 19.7 Å². The van der Waals surface area contributed by atoms with Crippen molar-refractivity contribution in [1.82, 2.24) is 4.90 Å². The first-order valence-corrected chi connectivity index (χ1v) is 10.2. The molecule has 0 saturated carbocycles. The molecule has 0 aromatic heterocycles. The molecule has 2 rings (SSSR count). The predicted octanol–water partition coefficient (Wildman–Crippen LogP) is 4.07. The Bertz CT molecular complexity index is 766. The molecule has 2 N–H and O–H groups in total. The van der Waals surface area contributed by atoms with Crippen molar-refractivity contribution in [3.63, 3.8) is 0 Å². The lowest BCUT2D eigenvalue weighted by molar-refractivity contribution is 0.0442. The first-order chi connectivity index (χ1) is 13.8. The van der Waals surface area contributed by atoms with Crippen molar-refractivity contribution in [2.75, 3.05) is 13.2 Å². The lowest BCUT2D eigenvalue weighted by atomic mass is 10.0. The molecule has 0 spiro atoms. The van der Waals surface area contributed by atoms with Crippen LogP contribution in [-0.4, -0.2) is 52.2 Å². The number of nitrogens with zero attached hydrogens (tertiary/aromatic N) is 1. The van der Waals surface area contributed by atoms with E-state index < -0.39 is 6.10 Å². The maximum atomic E-state index is 12.7. The number of benzene rings is 2. The number of aliphatic hydroxyl groups is 1. The Morgan fingerprint density at radius 1 is 1.03 bits per heavy atom. The normalized spacial score (nSPS) is 12.6. The summed E-state index contributed by atoms with van der Waals surface area (Å²) in [5.41, 5.74) is 1.43. The second-order valence-corrected chi connectivity index (χ2v) is 7.94. The van der Waals surface area contributed by atoms with Gasteiger partial charge in [0.25, 0.3) is 0 Å². The zero-order valence-electron chi connectivity index (χ0n) is 17.8. The minimum atomic E-state index is -0.680. The molecule has 0 saturated heterocycles. The molecule has 1 atom stereocenters. The molecular formula is C24H33NO4. The highest BCUT2D eigenvalue weighted by Gasteiger charge is 2.19. The van der Waals surface area contributed by atoms with Gasteiger partial charge in [-0.1, -0.05) is 30.3 Å². The number of Topliss-reactive ketones (excluding diaryl/α,β-unsaturated/α-hetero) is 1. The molecule has 158 valence electrons. The number of ketones is 1. The van der Waals surface area contributed by atoms with E-state index in [0.29, 0.717) is 42.8 Å². The molecular weight excluding hydrogens is 366 g/mol. The van der Waals surface area contributed by atoms with Gasteiger partial charge in [-0.05, 0) is 57.9 Å². The average Bonchev–Trinajstić information content (AvgIpc) is 2.69. The van der Waals surface area contributed by atoms with Gasteiger partial charge in [0, 0.05) is 25.0 Å². The van der Waals surface area contributed by atoms with Gasteiger partial charge < -0.3 is 14.9 Å². The van der Waals surface area contributed by atoms with Gasteiger partial charge in [0.1, 0.15) is 24.2 Å². The fraction of sp³-hybridized carbons (Fsp3) is 0.458. The quantitative estimate of drug-likeness (QED) is 0.558. The average molecular weight is 400 g/mol. The van der Waals surface area contributed by atoms with Gasteiger partial charge in [-0.15, -0.1) is 0 Å². The van der Waals surface area contributed by atoms with E-state index in [1.165, 1.54) is 12.1 Å². The van der Waals surface area contributed by atoms with Gasteiger partial charge in [0.2, 0.25) is 0 Å². The fourth-order valence-electron chi connectivity index (χ4n) is 3.40. The van der Waals surface area contributed by atoms with Crippen LogP contribution in [0.2, 0.25) is 0 Å². The first kappa shape index (κ1) is 22.9. The summed E-state index contributed by atoms with van der Waals surface area (Å²) in [7, 11) is 0. The molecule has 0 aliphatic heterocycles. The van der Waals surface area contributed by atoms with E-state index in [9.17, 15) is 15.0 Å². The standard InChI is InChI=1S/C24H33NO4/c1-17(2)25(18(3)4)15-21(27)16-29-24-13-11-20(26)14-22(24)23(28)12-10-19-8-6-5-7-9-19/h5-9,11,13-14,17-18,21,26-27H,10,12,15-16H2,1-4H3/t21-/m1/s1. The summed E-state index contributed by atoms with van der Waals surface area (Å²) in [4.78, 5) is 14.9. The fourth-order valence-corrected chi connectivity index (χ4v) is 3.40. The summed E-state index contributed by atoms with van der Waals surface area (Å²) in [5, 5.41) is 20.2. The lowest BCUT2D eigenvalue weighted by Gasteiger charge is -2.32. The van der Waals surface area contributed by atoms with Crippen molar-refractivity contribution in [2.24, 2.45) is 0 Å². The molecule has 0 fully saturated rings. The minimum absolute atomic E-state index is 0.0201. The van der Waals surface area contributed by atoms with E-state index in [2.05, 4.69) is 32.6 Å². The van der Waals surface area contributed by atoms with E-state index >= 15 is 0 Å². The number of aromatic hydroxyl groups is 1. The van der Waals surface area contributed by atoms with Crippen molar-refractivity contribution in [1.29, 1.82) is 0 Å². The van der Waals surface area contributed by atoms with E-state index in [1.807, 2.05) is 30.3 Å². The molecule has 2 aromatic carbocycles. The second-order valence-electron chi connectivity index (χ2n) is 7.94. The highest BCUT2D eigenvalue weighted by molar-refractivity contribution is 5.99. The Kier molecular flexibility index (Phi) is 8.68. The Morgan fingerprint density at radius 3 is 2.31 bits per heavy atom. The third kappa shape index (κ3) is 7.18. The third-order valence-corrected chi connectivity index (χ3v) is 4.93. The maximum absolute atomic E-state index is 12.7. The van der Waals surface area contributed by atoms with E-state index in [-0.39, 0.29) is 18.1 Å². The Morgan fingerprint density at radius 2 is 1.69 bits per heavy atom. The van der Waals surface area contributed by atoms with Crippen molar-refractivity contribution in [2.45, 2.75) is 58.7 Å². The van der Waals surface area contributed by atoms with Crippen LogP contribution in [0.1, 0.15) is 50.0 Å². The van der Waals surface area contributed by atoms with Crippen LogP contribution >= 0.6 is 0 Å². The van der Waals surface area contributed by atoms with Crippen LogP contribution in [0, 0.1) is 0 Å². The first-order valence-electron chi connectivity index (χ1n) is 10.2. The summed E-state index contributed by atoms with van der Waals surface area (Å²) >= 11 is 0. The van der Waals surface area contributed by atoms with E-state index in [4.69, 9.17) is 4.74 Å². The summed E-state index contributed by atoms with van der Waals surface area (Å²) in [6, 6.07) is 14.9. The highest BCUT2D eigenvalue weighted by atomic mass is 16.5. The Labute approximate surface area is 173 Å². The van der Waals surface area contributed by atoms with Crippen molar-refractivity contribution in [3.05, 3.63) is 59.7 Å². The smallest absolute Gasteiger partial charge is 0.167 e. The van der Waals surface area contributed by atoms with Crippen LogP contribution in [0.15, 0.2) is 48.5 Å². The van der Waals surface area contributed by atoms with Gasteiger partial charge >= 0.3 is 0 Å². The Balaban J connectivity index is 2.01. The van der Waals surface area contributed by atoms with Crippen LogP contribution in [-0.2, 0) is 6.42 Å². The molecule has 0 amide bonds. The molecule has 2 aromatic rings. The van der Waals surface area contributed by atoms with Crippen molar-refractivity contribution >= 4 is 5.78 Å². The number of hydrogen-bond acceptors (Lipinski definition) is 5. The molecule has 0 aliphatic rings. The topological polar surface area (TPSA) is 70.0 Å². The molecule has 29 heavy (non-hydrogen) atoms. The molecule has 0 aliphatic carbocycles. The Hall–Kier alpha value is -2.37. The molecule has 5 heteroatoms. The highest BCUT2D eigenvalue weighted by Crippen LogP contribution is 2.26. The number of aryl methyl sites for hydroxylation is 1. The van der Waals surface area contributed by atoms with Gasteiger partial charge in [-0.2, -0.15) is 0 Å². The van der Waals surface area contributed by atoms with Gasteiger partial charge in [-0.3, -0.25) is 9.69 Å². The largest absolute Gasteiger partial charge is 0.508 e. The molecule has 0 heterocycles. The number of phenols is 1. The number of hydrogen-bond donors (Lipinski definition) is 2. The minimum Gasteiger partial charge on any atom is -0.508 e. The lowest BCUT2D eigenvalue weighted by Crippen LogP contribution is -2.43. The maximum Gasteiger partial charge on any atom is 0.167 e. The number of phenolic OH excluding ortho intramolecular Hbond substituents is 1. The zero-order valence-corrected chi connectivity index (χ0v) is 17.8. The SMILES string of the molecule is CC(C)N(C[C@@H](O)COc1ccc(O)cc1C(=O)CCc1ccccc1)C(C)C. The van der Waals surface area contributed by atoms with Crippen LogP contribution in [0.3, 0.4) is 0 Å². The third-order valence-electron chi connectivity index (χ3n) is 4.93. The number of carbonyl (C=O) groups is 1. The summed E-state index contributed by atoms with van der Waals surface area (Å²) < 4.78 is 5.78. The number of aliphatic hydroxyl groups excluding tert-OH is 1. The molecule has 0 radical (unpaired) electrons. The predicted molar refractivity (Wildman–Crippen MR) is 116 cm³/mol. The number of ether oxygens (including phenoxy) is 1. The number of carbonyl (C=O) groups excluding carboxylic acids is 1. The van der Waals surface area contributed by atoms with Gasteiger partial charge in [-0.25, -0.2) is 0 Å². The monoisotopic (exact) mass is 399 g/mol. The molecule has 0 bridgehead atoms. The summed E-state index contributed by atoms with van der Waals surface area (Å²) in [6.45, 7) is 8.95. The van der Waals surface area contributed by atoms with Crippen LogP contribution in [0.5, 0.6) is 11.5 Å². The number of rotatable bonds is 11. The van der Waals surface area contributed by atoms with E-state index in [0.717, 1.165) is 5.56 Å². The van der Waals surface area contributed by atoms with Crippen LogP contribution in [0.4, 0.5) is 0 Å². The van der Waals surface area contributed by atoms with Gasteiger partial charge in [0.15, 0.2) is 5.78 Å². The van der Waals surface area contributed by atoms with Gasteiger partial charge in [0.05, 0.1) is 5.56 Å². The van der Waals surface area contributed by atoms with Crippen molar-refractivity contribution in [3.8, 4) is 11.5 Å². The summed E-state index contributed by atoms with van der Waals surface area (Å²) in [5.74, 6) is 0.313. The molecule has 0 unspecified atom stereocenters. The summed E-state index contributed by atoms with van der Waals surface area (Å²) in [6.07, 6.45) is 0.261. The second kappa shape index (κ2) is 11.0. The van der Waals surface area contributed by atoms with Crippen LogP contribution in [0.25, 0.3) is 0 Å².